The maximum Gasteiger partial charge on any atom is 0.346 e. The highest BCUT2D eigenvalue weighted by Crippen LogP contribution is 2.10. The summed E-state index contributed by atoms with van der Waals surface area (Å²) < 4.78 is 16.0. The fourth-order valence-corrected chi connectivity index (χ4v) is 2.77. The van der Waals surface area contributed by atoms with Crippen molar-refractivity contribution in [1.82, 2.24) is 19.7 Å². The van der Waals surface area contributed by atoms with Crippen LogP contribution in [-0.4, -0.2) is 20.3 Å². The number of nitrogens with one attached hydrogen (secondary N) is 1. The monoisotopic (exact) mass is 318 g/mol. The number of rotatable bonds is 4. The fraction of sp³-hybridized carbons (Fsp3) is 0.438. The molecule has 0 aliphatic carbocycles. The Balaban J connectivity index is 1.63. The van der Waals surface area contributed by atoms with E-state index in [1.807, 2.05) is 0 Å². The van der Waals surface area contributed by atoms with Crippen LogP contribution in [0.2, 0.25) is 0 Å². The predicted molar refractivity (Wildman–Crippen MR) is 82.3 cm³/mol. The van der Waals surface area contributed by atoms with E-state index in [2.05, 4.69) is 10.4 Å². The second-order valence-corrected chi connectivity index (χ2v) is 5.73. The van der Waals surface area contributed by atoms with Gasteiger partial charge in [-0.2, -0.15) is 5.10 Å². The lowest BCUT2D eigenvalue weighted by atomic mass is 10.2. The highest BCUT2D eigenvalue weighted by molar-refractivity contribution is 5.75. The SMILES string of the molecule is O=C(Cn1nc2n(c1=O)CCCCC2)NCc1cccc(F)c1. The molecule has 7 heteroatoms. The number of aromatic nitrogens is 3. The standard InChI is InChI=1S/C16H19FN4O2/c17-13-6-4-5-12(9-13)10-18-15(22)11-21-16(23)20-8-3-1-2-7-14(20)19-21/h4-6,9H,1-3,7-8,10-11H2,(H,18,22). The first-order valence-corrected chi connectivity index (χ1v) is 7.81. The third kappa shape index (κ3) is 3.67. The summed E-state index contributed by atoms with van der Waals surface area (Å²) in [6, 6.07) is 6.04. The summed E-state index contributed by atoms with van der Waals surface area (Å²) in [7, 11) is 0. The van der Waals surface area contributed by atoms with Crippen LogP contribution in [0.15, 0.2) is 29.1 Å². The molecule has 23 heavy (non-hydrogen) atoms. The Bertz CT molecular complexity index is 766. The molecule has 0 unspecified atom stereocenters. The van der Waals surface area contributed by atoms with Gasteiger partial charge in [0.25, 0.3) is 0 Å². The Morgan fingerprint density at radius 1 is 1.30 bits per heavy atom. The van der Waals surface area contributed by atoms with Crippen LogP contribution in [0.3, 0.4) is 0 Å². The molecular weight excluding hydrogens is 299 g/mol. The quantitative estimate of drug-likeness (QED) is 0.922. The summed E-state index contributed by atoms with van der Waals surface area (Å²) in [6.07, 6.45) is 3.84. The van der Waals surface area contributed by atoms with Crippen molar-refractivity contribution in [3.8, 4) is 0 Å². The molecule has 1 N–H and O–H groups in total. The zero-order valence-electron chi connectivity index (χ0n) is 12.8. The van der Waals surface area contributed by atoms with Crippen LogP contribution >= 0.6 is 0 Å². The van der Waals surface area contributed by atoms with Crippen molar-refractivity contribution in [3.05, 3.63) is 52.0 Å². The van der Waals surface area contributed by atoms with Crippen LogP contribution < -0.4 is 11.0 Å². The number of hydrogen-bond acceptors (Lipinski definition) is 3. The molecule has 0 bridgehead atoms. The number of amides is 1. The lowest BCUT2D eigenvalue weighted by Gasteiger charge is -2.05. The molecule has 1 aliphatic rings. The van der Waals surface area contributed by atoms with Gasteiger partial charge in [-0.15, -0.1) is 0 Å². The molecule has 2 heterocycles. The van der Waals surface area contributed by atoms with Crippen LogP contribution in [0, 0.1) is 5.82 Å². The minimum atomic E-state index is -0.342. The second kappa shape index (κ2) is 6.76. The summed E-state index contributed by atoms with van der Waals surface area (Å²) in [6.45, 7) is 0.770. The lowest BCUT2D eigenvalue weighted by Crippen LogP contribution is -2.33. The maximum absolute atomic E-state index is 13.1. The average Bonchev–Trinajstić information content (AvgIpc) is 2.71. The van der Waals surface area contributed by atoms with Crippen molar-refractivity contribution >= 4 is 5.91 Å². The first-order chi connectivity index (χ1) is 11.1. The van der Waals surface area contributed by atoms with Gasteiger partial charge in [0.1, 0.15) is 18.2 Å². The number of carbonyl (C=O) groups is 1. The highest BCUT2D eigenvalue weighted by Gasteiger charge is 2.17. The summed E-state index contributed by atoms with van der Waals surface area (Å²) >= 11 is 0. The van der Waals surface area contributed by atoms with E-state index in [9.17, 15) is 14.0 Å². The zero-order valence-corrected chi connectivity index (χ0v) is 12.8. The minimum Gasteiger partial charge on any atom is -0.350 e. The normalized spacial score (nSPS) is 14.1. The molecule has 0 radical (unpaired) electrons. The van der Waals surface area contributed by atoms with Crippen LogP contribution in [0.1, 0.15) is 30.7 Å². The zero-order chi connectivity index (χ0) is 16.2. The van der Waals surface area contributed by atoms with Gasteiger partial charge in [0.15, 0.2) is 0 Å². The van der Waals surface area contributed by atoms with Crippen molar-refractivity contribution in [2.75, 3.05) is 0 Å². The van der Waals surface area contributed by atoms with Gasteiger partial charge < -0.3 is 5.32 Å². The number of nitrogens with zero attached hydrogens (tertiary/aromatic N) is 3. The van der Waals surface area contributed by atoms with Gasteiger partial charge in [0, 0.05) is 19.5 Å². The van der Waals surface area contributed by atoms with Crippen molar-refractivity contribution < 1.29 is 9.18 Å². The Hall–Kier alpha value is -2.44. The van der Waals surface area contributed by atoms with E-state index in [0.29, 0.717) is 12.1 Å². The minimum absolute atomic E-state index is 0.117. The Labute approximate surface area is 132 Å². The molecular formula is C16H19FN4O2. The molecule has 2 aromatic rings. The van der Waals surface area contributed by atoms with Gasteiger partial charge in [-0.25, -0.2) is 13.9 Å². The van der Waals surface area contributed by atoms with Crippen LogP contribution in [0.25, 0.3) is 0 Å². The number of halogens is 1. The lowest BCUT2D eigenvalue weighted by molar-refractivity contribution is -0.122. The Morgan fingerprint density at radius 2 is 2.17 bits per heavy atom. The maximum atomic E-state index is 13.1. The third-order valence-electron chi connectivity index (χ3n) is 3.95. The number of carbonyl (C=O) groups excluding carboxylic acids is 1. The molecule has 0 fully saturated rings. The van der Waals surface area contributed by atoms with Crippen molar-refractivity contribution in [2.45, 2.75) is 45.3 Å². The molecule has 122 valence electrons. The first-order valence-electron chi connectivity index (χ1n) is 7.81. The molecule has 0 saturated heterocycles. The molecule has 6 nitrogen and oxygen atoms in total. The van der Waals surface area contributed by atoms with Crippen LogP contribution in [0.5, 0.6) is 0 Å². The molecule has 1 aliphatic heterocycles. The molecule has 0 spiro atoms. The van der Waals surface area contributed by atoms with Gasteiger partial charge in [-0.3, -0.25) is 9.36 Å². The van der Waals surface area contributed by atoms with Crippen LogP contribution in [-0.2, 0) is 30.8 Å². The summed E-state index contributed by atoms with van der Waals surface area (Å²) in [5.74, 6) is 0.0980. The van der Waals surface area contributed by atoms with E-state index in [0.717, 1.165) is 31.5 Å². The van der Waals surface area contributed by atoms with E-state index >= 15 is 0 Å². The fourth-order valence-electron chi connectivity index (χ4n) is 2.77. The molecule has 1 aromatic carbocycles. The number of fused-ring (bicyclic) bond motifs is 1. The second-order valence-electron chi connectivity index (χ2n) is 5.73. The van der Waals surface area contributed by atoms with Crippen molar-refractivity contribution in [1.29, 1.82) is 0 Å². The molecule has 1 amide bonds. The van der Waals surface area contributed by atoms with Gasteiger partial charge in [0.05, 0.1) is 0 Å². The molecule has 3 rings (SSSR count). The number of aryl methyl sites for hydroxylation is 1. The van der Waals surface area contributed by atoms with Crippen LogP contribution in [0.4, 0.5) is 4.39 Å². The van der Waals surface area contributed by atoms with E-state index in [-0.39, 0.29) is 30.5 Å². The molecule has 1 aromatic heterocycles. The predicted octanol–water partition coefficient (Wildman–Crippen LogP) is 1.23. The van der Waals surface area contributed by atoms with Crippen molar-refractivity contribution in [2.24, 2.45) is 0 Å². The Kier molecular flexibility index (Phi) is 4.55. The molecule has 0 saturated carbocycles. The largest absolute Gasteiger partial charge is 0.350 e. The third-order valence-corrected chi connectivity index (χ3v) is 3.95. The van der Waals surface area contributed by atoms with Gasteiger partial charge >= 0.3 is 5.69 Å². The number of hydrogen-bond donors (Lipinski definition) is 1. The van der Waals surface area contributed by atoms with Gasteiger partial charge in [-0.05, 0) is 30.5 Å². The topological polar surface area (TPSA) is 68.9 Å². The first kappa shape index (κ1) is 15.5. The summed E-state index contributed by atoms with van der Waals surface area (Å²) in [4.78, 5) is 24.2. The van der Waals surface area contributed by atoms with E-state index < -0.39 is 0 Å². The highest BCUT2D eigenvalue weighted by atomic mass is 19.1. The summed E-state index contributed by atoms with van der Waals surface area (Å²) in [5, 5.41) is 6.95. The van der Waals surface area contributed by atoms with E-state index in [1.54, 1.807) is 16.7 Å². The van der Waals surface area contributed by atoms with Gasteiger partial charge in [-0.1, -0.05) is 18.6 Å². The number of benzene rings is 1. The van der Waals surface area contributed by atoms with Crippen molar-refractivity contribution in [3.63, 3.8) is 0 Å². The molecule has 0 atom stereocenters. The smallest absolute Gasteiger partial charge is 0.346 e. The average molecular weight is 318 g/mol. The van der Waals surface area contributed by atoms with Gasteiger partial charge in [0.2, 0.25) is 5.91 Å². The Morgan fingerprint density at radius 3 is 3.00 bits per heavy atom. The van der Waals surface area contributed by atoms with E-state index in [4.69, 9.17) is 0 Å². The van der Waals surface area contributed by atoms with E-state index in [1.165, 1.54) is 16.8 Å². The summed E-state index contributed by atoms with van der Waals surface area (Å²) in [5.41, 5.74) is 0.439.